The third-order valence-corrected chi connectivity index (χ3v) is 5.93. The summed E-state index contributed by atoms with van der Waals surface area (Å²) in [4.78, 5) is 23.2. The van der Waals surface area contributed by atoms with Gasteiger partial charge in [0, 0.05) is 43.4 Å². The van der Waals surface area contributed by atoms with Gasteiger partial charge >= 0.3 is 0 Å². The Morgan fingerprint density at radius 1 is 1.16 bits per heavy atom. The number of aromatic nitrogens is 2. The molecule has 168 valence electrons. The fraction of sp³-hybridized carbons (Fsp3) is 0.400. The molecule has 1 saturated heterocycles. The average Bonchev–Trinajstić information content (AvgIpc) is 2.81. The van der Waals surface area contributed by atoms with E-state index in [-0.39, 0.29) is 12.0 Å². The minimum Gasteiger partial charge on any atom is -0.488 e. The fourth-order valence-corrected chi connectivity index (χ4v) is 3.98. The quantitative estimate of drug-likeness (QED) is 0.588. The van der Waals surface area contributed by atoms with Crippen LogP contribution in [0.25, 0.3) is 10.9 Å². The van der Waals surface area contributed by atoms with E-state index in [0.29, 0.717) is 18.4 Å². The van der Waals surface area contributed by atoms with Crippen LogP contribution in [0.2, 0.25) is 0 Å². The van der Waals surface area contributed by atoms with Gasteiger partial charge in [-0.25, -0.2) is 9.97 Å². The van der Waals surface area contributed by atoms with E-state index < -0.39 is 0 Å². The van der Waals surface area contributed by atoms with E-state index in [1.165, 1.54) is 0 Å². The Morgan fingerprint density at radius 3 is 2.59 bits per heavy atom. The summed E-state index contributed by atoms with van der Waals surface area (Å²) < 4.78 is 6.38. The predicted octanol–water partition coefficient (Wildman–Crippen LogP) is 3.91. The van der Waals surface area contributed by atoms with Crippen molar-refractivity contribution in [2.24, 2.45) is 0 Å². The number of para-hydroxylation sites is 1. The van der Waals surface area contributed by atoms with Crippen molar-refractivity contribution in [1.29, 1.82) is 0 Å². The van der Waals surface area contributed by atoms with Crippen LogP contribution in [0.1, 0.15) is 32.3 Å². The number of ether oxygens (including phenoxy) is 1. The van der Waals surface area contributed by atoms with E-state index >= 15 is 0 Å². The molecule has 0 bridgehead atoms. The summed E-state index contributed by atoms with van der Waals surface area (Å²) in [5, 5.41) is 6.84. The number of piperidine rings is 1. The van der Waals surface area contributed by atoms with Crippen LogP contribution in [-0.4, -0.2) is 53.1 Å². The van der Waals surface area contributed by atoms with Crippen LogP contribution < -0.4 is 15.4 Å². The van der Waals surface area contributed by atoms with Crippen molar-refractivity contribution < 1.29 is 9.53 Å². The molecule has 0 spiro atoms. The van der Waals surface area contributed by atoms with Gasteiger partial charge in [-0.2, -0.15) is 0 Å². The van der Waals surface area contributed by atoms with Crippen LogP contribution in [-0.2, 0) is 11.2 Å². The topological polar surface area (TPSA) is 79.4 Å². The van der Waals surface area contributed by atoms with Gasteiger partial charge in [-0.05, 0) is 50.5 Å². The molecule has 7 nitrogen and oxygen atoms in total. The van der Waals surface area contributed by atoms with Crippen LogP contribution in [0.5, 0.6) is 5.75 Å². The maximum atomic E-state index is 11.5. The van der Waals surface area contributed by atoms with Gasteiger partial charge in [-0.15, -0.1) is 0 Å². The van der Waals surface area contributed by atoms with Gasteiger partial charge in [-0.3, -0.25) is 4.79 Å². The number of benzene rings is 2. The van der Waals surface area contributed by atoms with E-state index in [2.05, 4.69) is 34.4 Å². The van der Waals surface area contributed by atoms with Gasteiger partial charge in [0.15, 0.2) is 0 Å². The molecule has 0 aliphatic carbocycles. The second kappa shape index (κ2) is 9.96. The molecule has 0 radical (unpaired) electrons. The molecule has 32 heavy (non-hydrogen) atoms. The van der Waals surface area contributed by atoms with Crippen LogP contribution in [0.4, 0.5) is 11.6 Å². The largest absolute Gasteiger partial charge is 0.488 e. The molecule has 0 saturated carbocycles. The third kappa shape index (κ3) is 5.34. The van der Waals surface area contributed by atoms with Crippen molar-refractivity contribution in [3.8, 4) is 5.75 Å². The number of amides is 1. The average molecular weight is 434 g/mol. The van der Waals surface area contributed by atoms with E-state index in [1.807, 2.05) is 48.7 Å². The number of likely N-dealkylation sites (N-methyl/N-ethyl adjacent to an activating group) is 1. The van der Waals surface area contributed by atoms with Gasteiger partial charge in [0.1, 0.15) is 17.4 Å². The zero-order chi connectivity index (χ0) is 22.5. The predicted molar refractivity (Wildman–Crippen MR) is 127 cm³/mol. The highest BCUT2D eigenvalue weighted by Crippen LogP contribution is 2.28. The standard InChI is InChI=1S/C25H31N5O2/c1-17(2)30-13-11-21(12-14-30)32-22-6-4-5-19-16-27-25(29-24(19)22)28-20-9-7-18(8-10-20)15-23(31)26-3/h4-10,16-17,21H,11-15H2,1-3H3,(H,26,31)(H,27,28,29). The summed E-state index contributed by atoms with van der Waals surface area (Å²) in [7, 11) is 1.64. The summed E-state index contributed by atoms with van der Waals surface area (Å²) in [5.74, 6) is 1.31. The molecule has 0 atom stereocenters. The van der Waals surface area contributed by atoms with Crippen molar-refractivity contribution in [2.45, 2.75) is 45.3 Å². The molecule has 2 N–H and O–H groups in total. The van der Waals surface area contributed by atoms with Gasteiger partial charge < -0.3 is 20.3 Å². The molecular formula is C25H31N5O2. The Hall–Kier alpha value is -3.19. The van der Waals surface area contributed by atoms with E-state index in [1.54, 1.807) is 7.05 Å². The summed E-state index contributed by atoms with van der Waals surface area (Å²) in [6.45, 7) is 6.61. The van der Waals surface area contributed by atoms with Crippen molar-refractivity contribution in [3.63, 3.8) is 0 Å². The highest BCUT2D eigenvalue weighted by atomic mass is 16.5. The molecule has 7 heteroatoms. The zero-order valence-corrected chi connectivity index (χ0v) is 19.0. The maximum Gasteiger partial charge on any atom is 0.227 e. The van der Waals surface area contributed by atoms with Gasteiger partial charge in [-0.1, -0.05) is 24.3 Å². The molecule has 1 aliphatic heterocycles. The number of hydrogen-bond acceptors (Lipinski definition) is 6. The Labute approximate surface area is 189 Å². The SMILES string of the molecule is CNC(=O)Cc1ccc(Nc2ncc3cccc(OC4CCN(C(C)C)CC4)c3n2)cc1. The lowest BCUT2D eigenvalue weighted by molar-refractivity contribution is -0.119. The smallest absolute Gasteiger partial charge is 0.227 e. The highest BCUT2D eigenvalue weighted by Gasteiger charge is 2.22. The third-order valence-electron chi connectivity index (χ3n) is 5.93. The number of carbonyl (C=O) groups is 1. The lowest BCUT2D eigenvalue weighted by Gasteiger charge is -2.34. The summed E-state index contributed by atoms with van der Waals surface area (Å²) in [6.07, 6.45) is 4.43. The second-order valence-electron chi connectivity index (χ2n) is 8.51. The van der Waals surface area contributed by atoms with E-state index in [0.717, 1.165) is 53.8 Å². The van der Waals surface area contributed by atoms with Crippen molar-refractivity contribution >= 4 is 28.4 Å². The minimum atomic E-state index is -0.00835. The molecule has 1 fully saturated rings. The Kier molecular flexibility index (Phi) is 6.85. The molecule has 0 unspecified atom stereocenters. The summed E-state index contributed by atoms with van der Waals surface area (Å²) >= 11 is 0. The number of anilines is 2. The molecule has 2 heterocycles. The molecular weight excluding hydrogens is 402 g/mol. The summed E-state index contributed by atoms with van der Waals surface area (Å²) in [6, 6.07) is 14.3. The van der Waals surface area contributed by atoms with E-state index in [9.17, 15) is 4.79 Å². The van der Waals surface area contributed by atoms with Crippen molar-refractivity contribution in [1.82, 2.24) is 20.2 Å². The Balaban J connectivity index is 1.47. The monoisotopic (exact) mass is 433 g/mol. The lowest BCUT2D eigenvalue weighted by atomic mass is 10.1. The van der Waals surface area contributed by atoms with Crippen LogP contribution in [0, 0.1) is 0 Å². The zero-order valence-electron chi connectivity index (χ0n) is 19.0. The molecule has 3 aromatic rings. The number of fused-ring (bicyclic) bond motifs is 1. The first-order valence-corrected chi connectivity index (χ1v) is 11.2. The van der Waals surface area contributed by atoms with Gasteiger partial charge in [0.25, 0.3) is 0 Å². The lowest BCUT2D eigenvalue weighted by Crippen LogP contribution is -2.41. The molecule has 1 aliphatic rings. The van der Waals surface area contributed by atoms with Crippen molar-refractivity contribution in [3.05, 3.63) is 54.2 Å². The number of carbonyl (C=O) groups excluding carboxylic acids is 1. The van der Waals surface area contributed by atoms with E-state index in [4.69, 9.17) is 9.72 Å². The van der Waals surface area contributed by atoms with Crippen LogP contribution in [0.15, 0.2) is 48.7 Å². The molecule has 4 rings (SSSR count). The first-order valence-electron chi connectivity index (χ1n) is 11.2. The van der Waals surface area contributed by atoms with Gasteiger partial charge in [0.05, 0.1) is 6.42 Å². The van der Waals surface area contributed by atoms with Gasteiger partial charge in [0.2, 0.25) is 11.9 Å². The molecule has 1 amide bonds. The number of likely N-dealkylation sites (tertiary alicyclic amines) is 1. The fourth-order valence-electron chi connectivity index (χ4n) is 3.98. The molecule has 2 aromatic carbocycles. The Bertz CT molecular complexity index is 1060. The first-order chi connectivity index (χ1) is 15.5. The first kappa shape index (κ1) is 22.0. The van der Waals surface area contributed by atoms with Crippen LogP contribution in [0.3, 0.4) is 0 Å². The van der Waals surface area contributed by atoms with Crippen LogP contribution >= 0.6 is 0 Å². The summed E-state index contributed by atoms with van der Waals surface area (Å²) in [5.41, 5.74) is 2.63. The number of rotatable bonds is 7. The second-order valence-corrected chi connectivity index (χ2v) is 8.51. The van der Waals surface area contributed by atoms with Crippen molar-refractivity contribution in [2.75, 3.05) is 25.5 Å². The highest BCUT2D eigenvalue weighted by molar-refractivity contribution is 5.85. The Morgan fingerprint density at radius 2 is 1.91 bits per heavy atom. The molecule has 1 aromatic heterocycles. The number of hydrogen-bond donors (Lipinski definition) is 2. The number of nitrogens with one attached hydrogen (secondary N) is 2. The maximum absolute atomic E-state index is 11.5. The minimum absolute atomic E-state index is 0.00835. The number of nitrogens with zero attached hydrogens (tertiary/aromatic N) is 3. The normalized spacial score (nSPS) is 15.1.